The number of benzene rings is 2. The highest BCUT2D eigenvalue weighted by molar-refractivity contribution is 9.10. The predicted octanol–water partition coefficient (Wildman–Crippen LogP) is 5.80. The Kier molecular flexibility index (Phi) is 5.29. The molecule has 2 fully saturated rings. The van der Waals surface area contributed by atoms with Gasteiger partial charge >= 0.3 is 11.9 Å². The Morgan fingerprint density at radius 2 is 1.12 bits per heavy atom. The molecule has 32 heavy (non-hydrogen) atoms. The van der Waals surface area contributed by atoms with E-state index in [1.807, 2.05) is 12.1 Å². The molecule has 2 heterocycles. The van der Waals surface area contributed by atoms with Gasteiger partial charge in [-0.1, -0.05) is 31.9 Å². The lowest BCUT2D eigenvalue weighted by Gasteiger charge is -2.00. The lowest BCUT2D eigenvalue weighted by atomic mass is 10.1. The van der Waals surface area contributed by atoms with E-state index in [2.05, 4.69) is 52.3 Å². The van der Waals surface area contributed by atoms with E-state index in [0.717, 1.165) is 56.8 Å². The van der Waals surface area contributed by atoms with Crippen LogP contribution in [0.1, 0.15) is 69.6 Å². The van der Waals surface area contributed by atoms with E-state index >= 15 is 0 Å². The molecule has 0 atom stereocenters. The SMILES string of the molecule is O=C(O)c1cc(Br)cc2n[nH]c(C3CC3)c12.O=C(O)c1cc(Br)cc2n[nH]c(C3CC3)c12. The van der Waals surface area contributed by atoms with Crippen LogP contribution in [0.2, 0.25) is 0 Å². The van der Waals surface area contributed by atoms with Crippen molar-refractivity contribution in [3.05, 3.63) is 55.7 Å². The molecule has 6 rings (SSSR count). The topological polar surface area (TPSA) is 132 Å². The highest BCUT2D eigenvalue weighted by atomic mass is 79.9. The van der Waals surface area contributed by atoms with E-state index < -0.39 is 11.9 Å². The molecule has 2 aliphatic rings. The molecule has 0 spiro atoms. The van der Waals surface area contributed by atoms with Crippen molar-refractivity contribution in [1.29, 1.82) is 0 Å². The van der Waals surface area contributed by atoms with E-state index in [1.54, 1.807) is 12.1 Å². The van der Waals surface area contributed by atoms with Gasteiger partial charge in [0.2, 0.25) is 0 Å². The summed E-state index contributed by atoms with van der Waals surface area (Å²) in [5.74, 6) is -0.891. The van der Waals surface area contributed by atoms with Crippen molar-refractivity contribution in [2.45, 2.75) is 37.5 Å². The summed E-state index contributed by atoms with van der Waals surface area (Å²) >= 11 is 6.59. The molecule has 0 amide bonds. The average molecular weight is 562 g/mol. The zero-order chi connectivity index (χ0) is 22.6. The number of carbonyl (C=O) groups is 2. The summed E-state index contributed by atoms with van der Waals surface area (Å²) < 4.78 is 1.48. The normalized spacial score (nSPS) is 15.6. The number of H-pyrrole nitrogens is 2. The maximum Gasteiger partial charge on any atom is 0.336 e. The zero-order valence-electron chi connectivity index (χ0n) is 16.7. The summed E-state index contributed by atoms with van der Waals surface area (Å²) in [5, 5.41) is 34.2. The number of aromatic nitrogens is 4. The number of hydrogen-bond acceptors (Lipinski definition) is 4. The van der Waals surface area contributed by atoms with E-state index in [1.165, 1.54) is 0 Å². The number of fused-ring (bicyclic) bond motifs is 2. The summed E-state index contributed by atoms with van der Waals surface area (Å²) in [5.41, 5.74) is 4.02. The first-order chi connectivity index (χ1) is 15.3. The van der Waals surface area contributed by atoms with Crippen molar-refractivity contribution >= 4 is 65.6 Å². The smallest absolute Gasteiger partial charge is 0.336 e. The monoisotopic (exact) mass is 560 g/mol. The fourth-order valence-corrected chi connectivity index (χ4v) is 4.84. The van der Waals surface area contributed by atoms with Crippen LogP contribution in [0.3, 0.4) is 0 Å². The standard InChI is InChI=1S/2C11H9BrN2O2/c2*12-6-3-7(11(15)16)9-8(4-6)13-14-10(9)5-1-2-5/h2*3-5H,1-2H2,(H,13,14)(H,15,16). The number of nitrogens with one attached hydrogen (secondary N) is 2. The largest absolute Gasteiger partial charge is 0.478 e. The quantitative estimate of drug-likeness (QED) is 0.249. The third-order valence-electron chi connectivity index (χ3n) is 5.73. The van der Waals surface area contributed by atoms with Gasteiger partial charge in [-0.15, -0.1) is 0 Å². The minimum Gasteiger partial charge on any atom is -0.478 e. The molecule has 164 valence electrons. The van der Waals surface area contributed by atoms with E-state index in [4.69, 9.17) is 0 Å². The average Bonchev–Trinajstić information content (AvgIpc) is 3.68. The number of aromatic amines is 2. The predicted molar refractivity (Wildman–Crippen MR) is 125 cm³/mol. The maximum atomic E-state index is 11.2. The molecule has 2 aromatic carbocycles. The number of halogens is 2. The van der Waals surface area contributed by atoms with Crippen LogP contribution >= 0.6 is 31.9 Å². The van der Waals surface area contributed by atoms with Crippen molar-refractivity contribution in [1.82, 2.24) is 20.4 Å². The number of aromatic carboxylic acids is 2. The molecule has 8 nitrogen and oxygen atoms in total. The van der Waals surface area contributed by atoms with Crippen molar-refractivity contribution < 1.29 is 19.8 Å². The van der Waals surface area contributed by atoms with Crippen molar-refractivity contribution in [3.8, 4) is 0 Å². The van der Waals surface area contributed by atoms with Gasteiger partial charge in [-0.05, 0) is 49.9 Å². The summed E-state index contributed by atoms with van der Waals surface area (Å²) in [4.78, 5) is 22.4. The van der Waals surface area contributed by atoms with Crippen molar-refractivity contribution in [2.24, 2.45) is 0 Å². The Morgan fingerprint density at radius 1 is 0.750 bits per heavy atom. The molecule has 4 N–H and O–H groups in total. The van der Waals surface area contributed by atoms with E-state index in [0.29, 0.717) is 34.0 Å². The number of carboxylic acid groups (broad SMARTS) is 2. The zero-order valence-corrected chi connectivity index (χ0v) is 19.8. The molecule has 0 radical (unpaired) electrons. The van der Waals surface area contributed by atoms with Crippen molar-refractivity contribution in [2.75, 3.05) is 0 Å². The van der Waals surface area contributed by atoms with Gasteiger partial charge in [0.1, 0.15) is 0 Å². The Labute approximate surface area is 198 Å². The highest BCUT2D eigenvalue weighted by Gasteiger charge is 2.30. The molecule has 4 aromatic rings. The number of hydrogen-bond donors (Lipinski definition) is 4. The minimum absolute atomic E-state index is 0.319. The lowest BCUT2D eigenvalue weighted by molar-refractivity contribution is 0.0688. The minimum atomic E-state index is -0.908. The van der Waals surface area contributed by atoms with Crippen LogP contribution in [-0.2, 0) is 0 Å². The van der Waals surface area contributed by atoms with Gasteiger partial charge in [0.15, 0.2) is 0 Å². The van der Waals surface area contributed by atoms with Gasteiger partial charge in [0.25, 0.3) is 0 Å². The van der Waals surface area contributed by atoms with E-state index in [-0.39, 0.29) is 0 Å². The first-order valence-corrected chi connectivity index (χ1v) is 11.7. The second-order valence-electron chi connectivity index (χ2n) is 8.13. The molecule has 0 unspecified atom stereocenters. The molecule has 10 heteroatoms. The third kappa shape index (κ3) is 3.93. The van der Waals surface area contributed by atoms with Crippen LogP contribution in [-0.4, -0.2) is 42.5 Å². The Bertz CT molecular complexity index is 1280. The maximum absolute atomic E-state index is 11.2. The van der Waals surface area contributed by atoms with Gasteiger partial charge in [-0.3, -0.25) is 10.2 Å². The molecule has 0 bridgehead atoms. The fourth-order valence-electron chi connectivity index (χ4n) is 3.95. The Balaban J connectivity index is 0.000000135. The summed E-state index contributed by atoms with van der Waals surface area (Å²) in [6.45, 7) is 0. The molecule has 2 aromatic heterocycles. The first-order valence-electron chi connectivity index (χ1n) is 10.1. The Hall–Kier alpha value is -2.72. The highest BCUT2D eigenvalue weighted by Crippen LogP contribution is 2.44. The van der Waals surface area contributed by atoms with Gasteiger partial charge in [-0.25, -0.2) is 9.59 Å². The number of nitrogens with zero attached hydrogens (tertiary/aromatic N) is 2. The molecule has 2 aliphatic carbocycles. The summed E-state index contributed by atoms with van der Waals surface area (Å²) in [6, 6.07) is 6.94. The van der Waals surface area contributed by atoms with Gasteiger partial charge in [-0.2, -0.15) is 10.2 Å². The number of carboxylic acids is 2. The van der Waals surface area contributed by atoms with E-state index in [9.17, 15) is 19.8 Å². The molecule has 0 saturated heterocycles. The fraction of sp³-hybridized carbons (Fsp3) is 0.273. The molecule has 2 saturated carbocycles. The van der Waals surface area contributed by atoms with Gasteiger partial charge < -0.3 is 10.2 Å². The van der Waals surface area contributed by atoms with Crippen LogP contribution in [0.4, 0.5) is 0 Å². The van der Waals surface area contributed by atoms with Crippen LogP contribution in [0, 0.1) is 0 Å². The van der Waals surface area contributed by atoms with Gasteiger partial charge in [0.05, 0.1) is 22.2 Å². The van der Waals surface area contributed by atoms with Crippen LogP contribution < -0.4 is 0 Å². The molecular formula is C22H18Br2N4O4. The van der Waals surface area contributed by atoms with Crippen LogP contribution in [0.25, 0.3) is 21.8 Å². The third-order valence-corrected chi connectivity index (χ3v) is 6.64. The van der Waals surface area contributed by atoms with Crippen molar-refractivity contribution in [3.63, 3.8) is 0 Å². The summed E-state index contributed by atoms with van der Waals surface area (Å²) in [7, 11) is 0. The summed E-state index contributed by atoms with van der Waals surface area (Å²) in [6.07, 6.45) is 4.47. The van der Waals surface area contributed by atoms with Crippen LogP contribution in [0.15, 0.2) is 33.2 Å². The second kappa shape index (κ2) is 8.00. The lowest BCUT2D eigenvalue weighted by Crippen LogP contribution is -1.98. The molecular weight excluding hydrogens is 544 g/mol. The Morgan fingerprint density at radius 3 is 1.44 bits per heavy atom. The van der Waals surface area contributed by atoms with Gasteiger partial charge in [0, 0.05) is 42.9 Å². The first kappa shape index (κ1) is 21.1. The number of rotatable bonds is 4. The second-order valence-corrected chi connectivity index (χ2v) is 9.96. The van der Waals surface area contributed by atoms with Crippen LogP contribution in [0.5, 0.6) is 0 Å². The molecule has 0 aliphatic heterocycles.